The predicted molar refractivity (Wildman–Crippen MR) is 141 cm³/mol. The van der Waals surface area contributed by atoms with Crippen molar-refractivity contribution in [3.05, 3.63) is 52.8 Å². The lowest BCUT2D eigenvalue weighted by Crippen LogP contribution is -2.42. The van der Waals surface area contributed by atoms with Crippen LogP contribution in [0.3, 0.4) is 0 Å². The number of hydrogen-bond acceptors (Lipinski definition) is 3. The molecular formula is C24H29F3IN5OS. The quantitative estimate of drug-likeness (QED) is 0.390. The summed E-state index contributed by atoms with van der Waals surface area (Å²) in [7, 11) is 0. The van der Waals surface area contributed by atoms with Gasteiger partial charge >= 0.3 is 6.18 Å². The molecule has 2 saturated heterocycles. The number of nitrogens with zero attached hydrogens (tertiary/aromatic N) is 4. The van der Waals surface area contributed by atoms with Gasteiger partial charge in [-0.2, -0.15) is 18.3 Å². The number of nitrogens with two attached hydrogens (primary N) is 1. The van der Waals surface area contributed by atoms with E-state index in [9.17, 15) is 18.0 Å². The monoisotopic (exact) mass is 619 g/mol. The Kier molecular flexibility index (Phi) is 7.65. The van der Waals surface area contributed by atoms with E-state index in [0.29, 0.717) is 29.6 Å². The molecule has 0 unspecified atom stereocenters. The zero-order chi connectivity index (χ0) is 24.0. The summed E-state index contributed by atoms with van der Waals surface area (Å²) in [6, 6.07) is 5.89. The minimum atomic E-state index is -4.41. The van der Waals surface area contributed by atoms with Crippen molar-refractivity contribution < 1.29 is 18.0 Å². The van der Waals surface area contributed by atoms with Crippen molar-refractivity contribution in [1.29, 1.82) is 0 Å². The molecule has 1 aromatic carbocycles. The van der Waals surface area contributed by atoms with Crippen LogP contribution in [0.2, 0.25) is 0 Å². The van der Waals surface area contributed by atoms with Crippen molar-refractivity contribution >= 4 is 47.2 Å². The van der Waals surface area contributed by atoms with Gasteiger partial charge in [0.15, 0.2) is 5.11 Å². The van der Waals surface area contributed by atoms with Crippen LogP contribution in [-0.2, 0) is 6.18 Å². The zero-order valence-corrected chi connectivity index (χ0v) is 22.4. The van der Waals surface area contributed by atoms with Gasteiger partial charge in [-0.3, -0.25) is 9.48 Å². The summed E-state index contributed by atoms with van der Waals surface area (Å²) in [6.07, 6.45) is 1.53. The summed E-state index contributed by atoms with van der Waals surface area (Å²) >= 11 is 5.09. The fraction of sp³-hybridized carbons (Fsp3) is 0.542. The number of aromatic nitrogens is 2. The normalized spacial score (nSPS) is 21.2. The van der Waals surface area contributed by atoms with E-state index in [1.165, 1.54) is 12.1 Å². The number of likely N-dealkylation sites (tertiary alicyclic amines) is 2. The van der Waals surface area contributed by atoms with E-state index in [4.69, 9.17) is 18.0 Å². The molecule has 6 nitrogen and oxygen atoms in total. The number of hydrogen-bond donors (Lipinski definition) is 1. The molecule has 0 radical (unpaired) electrons. The number of alkyl halides is 3. The Hall–Kier alpha value is -1.89. The summed E-state index contributed by atoms with van der Waals surface area (Å²) in [4.78, 5) is 17.2. The first kappa shape index (κ1) is 26.2. The summed E-state index contributed by atoms with van der Waals surface area (Å²) < 4.78 is 42.6. The van der Waals surface area contributed by atoms with Crippen molar-refractivity contribution in [2.24, 2.45) is 5.73 Å². The second-order valence-electron chi connectivity index (χ2n) is 9.54. The molecule has 1 aromatic heterocycles. The van der Waals surface area contributed by atoms with E-state index in [1.54, 1.807) is 17.2 Å². The Labute approximate surface area is 225 Å². The Bertz CT molecular complexity index is 1100. The first-order chi connectivity index (χ1) is 16.2. The molecule has 3 fully saturated rings. The second kappa shape index (κ2) is 10.2. The van der Waals surface area contributed by atoms with Gasteiger partial charge in [0.25, 0.3) is 5.91 Å². The molecule has 3 heterocycles. The molecule has 1 aliphatic carbocycles. The zero-order valence-electron chi connectivity index (χ0n) is 19.2. The third-order valence-electron chi connectivity index (χ3n) is 7.33. The van der Waals surface area contributed by atoms with Gasteiger partial charge in [0, 0.05) is 38.0 Å². The number of benzene rings is 1. The van der Waals surface area contributed by atoms with Crippen LogP contribution in [0.15, 0.2) is 30.5 Å². The van der Waals surface area contributed by atoms with E-state index >= 15 is 0 Å². The molecule has 0 spiro atoms. The Morgan fingerprint density at radius 3 is 2.29 bits per heavy atom. The topological polar surface area (TPSA) is 67.4 Å². The minimum Gasteiger partial charge on any atom is -0.376 e. The predicted octanol–water partition coefficient (Wildman–Crippen LogP) is 4.91. The summed E-state index contributed by atoms with van der Waals surface area (Å²) in [5.74, 6) is -0.134. The van der Waals surface area contributed by atoms with Crippen LogP contribution in [0.5, 0.6) is 0 Å². The summed E-state index contributed by atoms with van der Waals surface area (Å²) in [5, 5.41) is 5.03. The van der Waals surface area contributed by atoms with E-state index in [1.807, 2.05) is 9.58 Å². The maximum absolute atomic E-state index is 13.5. The smallest absolute Gasteiger partial charge is 0.376 e. The number of halogens is 4. The molecule has 0 bridgehead atoms. The highest BCUT2D eigenvalue weighted by atomic mass is 127. The highest BCUT2D eigenvalue weighted by Crippen LogP contribution is 2.44. The number of carbonyl (C=O) groups excluding carboxylic acids is 1. The van der Waals surface area contributed by atoms with E-state index < -0.39 is 11.7 Å². The molecule has 2 aliphatic heterocycles. The van der Waals surface area contributed by atoms with Gasteiger partial charge in [-0.05, 0) is 56.0 Å². The third kappa shape index (κ3) is 5.30. The molecule has 35 heavy (non-hydrogen) atoms. The van der Waals surface area contributed by atoms with E-state index in [0.717, 1.165) is 50.5 Å². The average molecular weight is 619 g/mol. The van der Waals surface area contributed by atoms with Crippen LogP contribution in [0, 0.1) is 0 Å². The van der Waals surface area contributed by atoms with Gasteiger partial charge in [0.1, 0.15) is 0 Å². The Morgan fingerprint density at radius 2 is 1.66 bits per heavy atom. The standard InChI is InChI=1S/C24H28F3N5OS.HI/c25-24(26,27)20-4-2-1-3-18(20)16-7-10-31(14-16)22(33)19-13-29-32(21(19)15-5-6-15)17-8-11-30(12-9-17)23(28)34;/h1-4,13,15-17H,5-12,14H2,(H2,28,34);1H/t16-;/m1./s1. The highest BCUT2D eigenvalue weighted by Gasteiger charge is 2.40. The SMILES string of the molecule is I.NC(=S)N1CCC(n2ncc(C(=O)N3CC[C@@H](c4ccccc4C(F)(F)F)C3)c2C2CC2)CC1. The molecule has 1 amide bonds. The molecule has 11 heteroatoms. The van der Waals surface area contributed by atoms with Crippen LogP contribution in [-0.4, -0.2) is 56.8 Å². The number of piperidine rings is 1. The van der Waals surface area contributed by atoms with Gasteiger partial charge in [-0.25, -0.2) is 0 Å². The van der Waals surface area contributed by atoms with Gasteiger partial charge in [-0.1, -0.05) is 18.2 Å². The van der Waals surface area contributed by atoms with Crippen molar-refractivity contribution in [2.45, 2.75) is 56.2 Å². The van der Waals surface area contributed by atoms with Crippen LogP contribution in [0.1, 0.15) is 77.2 Å². The van der Waals surface area contributed by atoms with Gasteiger partial charge in [-0.15, -0.1) is 24.0 Å². The number of amides is 1. The molecular weight excluding hydrogens is 590 g/mol. The lowest BCUT2D eigenvalue weighted by molar-refractivity contribution is -0.138. The molecule has 2 N–H and O–H groups in total. The van der Waals surface area contributed by atoms with Crippen LogP contribution < -0.4 is 5.73 Å². The molecule has 190 valence electrons. The molecule has 3 aliphatic rings. The second-order valence-corrected chi connectivity index (χ2v) is 9.96. The Morgan fingerprint density at radius 1 is 1.00 bits per heavy atom. The maximum Gasteiger partial charge on any atom is 0.416 e. The van der Waals surface area contributed by atoms with Crippen molar-refractivity contribution in [3.63, 3.8) is 0 Å². The number of rotatable bonds is 4. The van der Waals surface area contributed by atoms with Gasteiger partial charge in [0.2, 0.25) is 0 Å². The summed E-state index contributed by atoms with van der Waals surface area (Å²) in [6.45, 7) is 2.25. The van der Waals surface area contributed by atoms with Gasteiger partial charge < -0.3 is 15.5 Å². The van der Waals surface area contributed by atoms with Crippen molar-refractivity contribution in [1.82, 2.24) is 19.6 Å². The number of thiocarbonyl (C=S) groups is 1. The highest BCUT2D eigenvalue weighted by molar-refractivity contribution is 14.0. The van der Waals surface area contributed by atoms with Crippen LogP contribution >= 0.6 is 36.2 Å². The first-order valence-electron chi connectivity index (χ1n) is 11.8. The fourth-order valence-electron chi connectivity index (χ4n) is 5.40. The Balaban J connectivity index is 0.00000289. The van der Waals surface area contributed by atoms with E-state index in [2.05, 4.69) is 5.10 Å². The van der Waals surface area contributed by atoms with Crippen molar-refractivity contribution in [3.8, 4) is 0 Å². The number of carbonyl (C=O) groups is 1. The average Bonchev–Trinajstić information content (AvgIpc) is 3.36. The molecule has 1 saturated carbocycles. The third-order valence-corrected chi connectivity index (χ3v) is 7.59. The van der Waals surface area contributed by atoms with Crippen LogP contribution in [0.4, 0.5) is 13.2 Å². The minimum absolute atomic E-state index is 0. The van der Waals surface area contributed by atoms with E-state index in [-0.39, 0.29) is 54.0 Å². The molecule has 1 atom stereocenters. The van der Waals surface area contributed by atoms with Crippen molar-refractivity contribution in [2.75, 3.05) is 26.2 Å². The maximum atomic E-state index is 13.5. The van der Waals surface area contributed by atoms with Gasteiger partial charge in [0.05, 0.1) is 29.1 Å². The lowest BCUT2D eigenvalue weighted by Gasteiger charge is -2.33. The largest absolute Gasteiger partial charge is 0.416 e. The fourth-order valence-corrected chi connectivity index (χ4v) is 5.58. The summed E-state index contributed by atoms with van der Waals surface area (Å²) in [5.41, 5.74) is 7.01. The molecule has 2 aromatic rings. The molecule has 5 rings (SSSR count). The lowest BCUT2D eigenvalue weighted by atomic mass is 9.93. The first-order valence-corrected chi connectivity index (χ1v) is 12.2. The van der Waals surface area contributed by atoms with Crippen LogP contribution in [0.25, 0.3) is 0 Å².